The molecule has 9 heteroatoms. The number of hydrogen-bond acceptors (Lipinski definition) is 8. The molecule has 3 aromatic carbocycles. The van der Waals surface area contributed by atoms with Crippen LogP contribution in [0.2, 0.25) is 0 Å². The van der Waals surface area contributed by atoms with E-state index in [0.717, 1.165) is 24.0 Å². The van der Waals surface area contributed by atoms with Crippen molar-refractivity contribution in [3.8, 4) is 5.75 Å². The number of aromatic nitrogens is 2. The molecular formula is C34H35N3O4S2. The number of unbranched alkanes of at least 4 members (excludes halogenated alkanes) is 1. The molecule has 7 nitrogen and oxygen atoms in total. The molecule has 222 valence electrons. The molecule has 1 N–H and O–H groups in total. The maximum atomic E-state index is 13.6. The van der Waals surface area contributed by atoms with Crippen LogP contribution in [-0.4, -0.2) is 33.6 Å². The van der Waals surface area contributed by atoms with E-state index in [1.54, 1.807) is 24.3 Å². The lowest BCUT2D eigenvalue weighted by Crippen LogP contribution is -2.29. The van der Waals surface area contributed by atoms with Crippen LogP contribution in [0.15, 0.2) is 88.8 Å². The van der Waals surface area contributed by atoms with Crippen LogP contribution in [0.3, 0.4) is 0 Å². The van der Waals surface area contributed by atoms with Crippen LogP contribution >= 0.6 is 23.1 Å². The molecule has 0 radical (unpaired) electrons. The molecule has 4 aromatic rings. The number of anilines is 1. The zero-order chi connectivity index (χ0) is 30.6. The first-order valence-corrected chi connectivity index (χ1v) is 16.1. The number of thioether (sulfide) groups is 1. The van der Waals surface area contributed by atoms with Crippen molar-refractivity contribution in [1.82, 2.24) is 10.2 Å². The van der Waals surface area contributed by atoms with Crippen LogP contribution in [0.1, 0.15) is 68.8 Å². The largest absolute Gasteiger partial charge is 0.507 e. The van der Waals surface area contributed by atoms with Crippen molar-refractivity contribution in [2.75, 3.05) is 11.5 Å². The highest BCUT2D eigenvalue weighted by Gasteiger charge is 2.48. The minimum Gasteiger partial charge on any atom is -0.507 e. The lowest BCUT2D eigenvalue weighted by atomic mass is 9.85. The van der Waals surface area contributed by atoms with Crippen molar-refractivity contribution < 1.29 is 19.4 Å². The van der Waals surface area contributed by atoms with E-state index in [9.17, 15) is 14.7 Å². The summed E-state index contributed by atoms with van der Waals surface area (Å²) < 4.78 is 6.44. The molecule has 0 spiro atoms. The number of amides is 1. The molecule has 0 aliphatic carbocycles. The number of aliphatic hydroxyl groups excluding tert-OH is 1. The molecule has 1 fully saturated rings. The third kappa shape index (κ3) is 6.84. The highest BCUT2D eigenvalue weighted by atomic mass is 32.2. The first-order chi connectivity index (χ1) is 20.7. The van der Waals surface area contributed by atoms with Gasteiger partial charge in [-0.05, 0) is 52.8 Å². The molecule has 5 rings (SSSR count). The normalized spacial score (nSPS) is 16.6. The van der Waals surface area contributed by atoms with Crippen LogP contribution < -0.4 is 9.64 Å². The van der Waals surface area contributed by atoms with E-state index < -0.39 is 17.7 Å². The highest BCUT2D eigenvalue weighted by molar-refractivity contribution is 8.00. The van der Waals surface area contributed by atoms with Crippen molar-refractivity contribution >= 4 is 45.7 Å². The number of carbonyl (C=O) groups is 2. The Kier molecular flexibility index (Phi) is 9.32. The SMILES string of the molecule is CCCCOc1ccc(C(O)=C2C(=O)C(=O)N(c3nnc(SCc4ccccc4)s3)[C@@H]2c2ccc(C(C)(C)C)cc2)cc1. The molecular weight excluding hydrogens is 579 g/mol. The van der Waals surface area contributed by atoms with Gasteiger partial charge in [-0.1, -0.05) is 112 Å². The van der Waals surface area contributed by atoms with E-state index in [2.05, 4.69) is 37.9 Å². The Morgan fingerprint density at radius 3 is 2.33 bits per heavy atom. The Balaban J connectivity index is 1.52. The van der Waals surface area contributed by atoms with Gasteiger partial charge in [0.1, 0.15) is 11.5 Å². The van der Waals surface area contributed by atoms with Gasteiger partial charge in [-0.25, -0.2) is 0 Å². The summed E-state index contributed by atoms with van der Waals surface area (Å²) in [5.74, 6) is -0.381. The van der Waals surface area contributed by atoms with E-state index in [1.807, 2.05) is 54.6 Å². The lowest BCUT2D eigenvalue weighted by molar-refractivity contribution is -0.132. The number of hydrogen-bond donors (Lipinski definition) is 1. The smallest absolute Gasteiger partial charge is 0.301 e. The van der Waals surface area contributed by atoms with E-state index in [0.29, 0.717) is 38.7 Å². The van der Waals surface area contributed by atoms with E-state index in [4.69, 9.17) is 4.74 Å². The number of Topliss-reactive ketones (excluding diaryl/α,β-unsaturated/α-hetero) is 1. The van der Waals surface area contributed by atoms with Gasteiger partial charge in [0.2, 0.25) is 5.13 Å². The van der Waals surface area contributed by atoms with E-state index >= 15 is 0 Å². The Morgan fingerprint density at radius 2 is 1.67 bits per heavy atom. The van der Waals surface area contributed by atoms with E-state index in [1.165, 1.54) is 28.0 Å². The molecule has 0 bridgehead atoms. The molecule has 43 heavy (non-hydrogen) atoms. The van der Waals surface area contributed by atoms with Crippen molar-refractivity contribution in [2.45, 2.75) is 62.1 Å². The number of carbonyl (C=O) groups excluding carboxylic acids is 2. The van der Waals surface area contributed by atoms with Crippen LogP contribution in [0, 0.1) is 0 Å². The van der Waals surface area contributed by atoms with Gasteiger partial charge < -0.3 is 9.84 Å². The third-order valence-electron chi connectivity index (χ3n) is 7.24. The molecule has 1 aliphatic rings. The molecule has 1 saturated heterocycles. The van der Waals surface area contributed by atoms with Gasteiger partial charge >= 0.3 is 5.91 Å². The number of benzene rings is 3. The first-order valence-electron chi connectivity index (χ1n) is 14.3. The molecule has 1 atom stereocenters. The van der Waals surface area contributed by atoms with Gasteiger partial charge in [0.25, 0.3) is 5.78 Å². The topological polar surface area (TPSA) is 92.6 Å². The molecule has 0 unspecified atom stereocenters. The van der Waals surface area contributed by atoms with Gasteiger partial charge in [0.15, 0.2) is 4.34 Å². The number of rotatable bonds is 10. The van der Waals surface area contributed by atoms with Crippen molar-refractivity contribution in [1.29, 1.82) is 0 Å². The summed E-state index contributed by atoms with van der Waals surface area (Å²) in [7, 11) is 0. The van der Waals surface area contributed by atoms with Gasteiger partial charge in [0, 0.05) is 11.3 Å². The second kappa shape index (κ2) is 13.1. The maximum Gasteiger partial charge on any atom is 0.301 e. The zero-order valence-corrected chi connectivity index (χ0v) is 26.4. The first kappa shape index (κ1) is 30.5. The number of ketones is 1. The van der Waals surface area contributed by atoms with Gasteiger partial charge in [-0.2, -0.15) is 0 Å². The molecule has 0 saturated carbocycles. The molecule has 1 amide bonds. The average Bonchev–Trinajstić information content (AvgIpc) is 3.58. The van der Waals surface area contributed by atoms with Crippen LogP contribution in [0.4, 0.5) is 5.13 Å². The van der Waals surface area contributed by atoms with Crippen LogP contribution in [0.25, 0.3) is 5.76 Å². The summed E-state index contributed by atoms with van der Waals surface area (Å²) in [6.07, 6.45) is 1.97. The maximum absolute atomic E-state index is 13.6. The number of nitrogens with zero attached hydrogens (tertiary/aromatic N) is 3. The highest BCUT2D eigenvalue weighted by Crippen LogP contribution is 2.44. The Hall–Kier alpha value is -3.95. The molecule has 1 aromatic heterocycles. The monoisotopic (exact) mass is 613 g/mol. The summed E-state index contributed by atoms with van der Waals surface area (Å²) in [6, 6.07) is 23.9. The fourth-order valence-electron chi connectivity index (χ4n) is 4.79. The van der Waals surface area contributed by atoms with Gasteiger partial charge in [0.05, 0.1) is 18.2 Å². The summed E-state index contributed by atoms with van der Waals surface area (Å²) in [6.45, 7) is 9.07. The zero-order valence-electron chi connectivity index (χ0n) is 24.7. The Bertz CT molecular complexity index is 1610. The van der Waals surface area contributed by atoms with Crippen LogP contribution in [0.5, 0.6) is 5.75 Å². The number of ether oxygens (including phenoxy) is 1. The van der Waals surface area contributed by atoms with Gasteiger partial charge in [-0.3, -0.25) is 14.5 Å². The average molecular weight is 614 g/mol. The van der Waals surface area contributed by atoms with Crippen molar-refractivity contribution in [2.24, 2.45) is 0 Å². The van der Waals surface area contributed by atoms with Crippen molar-refractivity contribution in [3.05, 3.63) is 107 Å². The molecule has 2 heterocycles. The van der Waals surface area contributed by atoms with Gasteiger partial charge in [-0.15, -0.1) is 10.2 Å². The fraction of sp³-hybridized carbons (Fsp3) is 0.294. The standard InChI is InChI=1S/C34H35N3O4S2/c1-5-6-20-41-26-18-14-24(15-19-26)29(38)27-28(23-12-16-25(17-13-23)34(2,3)4)37(31(40)30(27)39)32-35-36-33(43-32)42-21-22-10-8-7-9-11-22/h7-19,28,38H,5-6,20-21H2,1-4H3/t28-/m1/s1. The second-order valence-electron chi connectivity index (χ2n) is 11.4. The summed E-state index contributed by atoms with van der Waals surface area (Å²) in [4.78, 5) is 28.6. The van der Waals surface area contributed by atoms with Crippen LogP contribution in [-0.2, 0) is 20.8 Å². The minimum absolute atomic E-state index is 0.0156. The number of aliphatic hydroxyl groups is 1. The molecule has 1 aliphatic heterocycles. The van der Waals surface area contributed by atoms with E-state index in [-0.39, 0.29) is 16.7 Å². The Morgan fingerprint density at radius 1 is 0.977 bits per heavy atom. The quantitative estimate of drug-likeness (QED) is 0.0485. The minimum atomic E-state index is -0.866. The third-order valence-corrected chi connectivity index (χ3v) is 9.37. The summed E-state index contributed by atoms with van der Waals surface area (Å²) >= 11 is 2.77. The predicted molar refractivity (Wildman–Crippen MR) is 173 cm³/mol. The summed E-state index contributed by atoms with van der Waals surface area (Å²) in [5.41, 5.74) is 3.32. The fourth-order valence-corrected chi connectivity index (χ4v) is 6.61. The lowest BCUT2D eigenvalue weighted by Gasteiger charge is -2.24. The summed E-state index contributed by atoms with van der Waals surface area (Å²) in [5, 5.41) is 20.5. The predicted octanol–water partition coefficient (Wildman–Crippen LogP) is 7.93. The Labute approximate surface area is 260 Å². The van der Waals surface area contributed by atoms with Crippen molar-refractivity contribution in [3.63, 3.8) is 0 Å². The second-order valence-corrected chi connectivity index (χ2v) is 13.6.